The van der Waals surface area contributed by atoms with Crippen LogP contribution in [0, 0.1) is 12.1 Å². The fourth-order valence-electron chi connectivity index (χ4n) is 2.16. The van der Waals surface area contributed by atoms with Crippen LogP contribution >= 0.6 is 12.4 Å². The molecular weight excluding hydrogens is 210 g/mol. The summed E-state index contributed by atoms with van der Waals surface area (Å²) in [7, 11) is 0. The summed E-state index contributed by atoms with van der Waals surface area (Å²) in [6.07, 6.45) is 3.35. The first-order valence-electron chi connectivity index (χ1n) is 5.36. The molecular formula is C12H18ClNO. The maximum atomic E-state index is 12.4. The Morgan fingerprint density at radius 2 is 1.80 bits per heavy atom. The van der Waals surface area contributed by atoms with Crippen LogP contribution in [-0.4, -0.2) is 13.1 Å². The smallest absolute Gasteiger partial charge is 0.133 e. The van der Waals surface area contributed by atoms with Gasteiger partial charge in [-0.05, 0) is 37.8 Å². The van der Waals surface area contributed by atoms with Gasteiger partial charge in [-0.15, -0.1) is 12.4 Å². The maximum Gasteiger partial charge on any atom is 0.133 e. The fraction of sp³-hybridized carbons (Fsp3) is 0.500. The number of nitrogens with zero attached hydrogens (tertiary/aromatic N) is 1. The Balaban J connectivity index is 0.00000112. The van der Waals surface area contributed by atoms with Crippen molar-refractivity contribution in [1.29, 1.82) is 0 Å². The van der Waals surface area contributed by atoms with Gasteiger partial charge < -0.3 is 9.85 Å². The van der Waals surface area contributed by atoms with Crippen molar-refractivity contribution < 1.29 is 0 Å². The molecule has 0 spiro atoms. The third-order valence-electron chi connectivity index (χ3n) is 3.01. The summed E-state index contributed by atoms with van der Waals surface area (Å²) in [5.74, 6) is 0. The largest absolute Gasteiger partial charge is 0.627 e. The Hall–Kier alpha value is -0.570. The van der Waals surface area contributed by atoms with E-state index in [1.54, 1.807) is 0 Å². The fourth-order valence-corrected chi connectivity index (χ4v) is 2.16. The quantitative estimate of drug-likeness (QED) is 0.533. The molecule has 1 aliphatic heterocycles. The molecule has 0 unspecified atom stereocenters. The zero-order valence-electron chi connectivity index (χ0n) is 9.11. The van der Waals surface area contributed by atoms with Crippen molar-refractivity contribution in [1.82, 2.24) is 4.65 Å². The normalized spacial score (nSPS) is 19.3. The van der Waals surface area contributed by atoms with Gasteiger partial charge in [-0.25, -0.2) is 0 Å². The first-order valence-corrected chi connectivity index (χ1v) is 5.36. The summed E-state index contributed by atoms with van der Waals surface area (Å²) in [4.78, 5) is 0. The second-order valence-corrected chi connectivity index (χ2v) is 4.24. The van der Waals surface area contributed by atoms with Crippen LogP contribution in [0.25, 0.3) is 0 Å². The highest BCUT2D eigenvalue weighted by Gasteiger charge is 2.23. The second-order valence-electron chi connectivity index (χ2n) is 4.24. The maximum absolute atomic E-state index is 12.4. The number of piperidine rings is 1. The zero-order chi connectivity index (χ0) is 10.0. The van der Waals surface area contributed by atoms with E-state index < -0.39 is 0 Å². The number of quaternary nitrogens is 1. The Kier molecular flexibility index (Phi) is 4.14. The van der Waals surface area contributed by atoms with E-state index >= 15 is 0 Å². The van der Waals surface area contributed by atoms with Crippen molar-refractivity contribution in [2.24, 2.45) is 0 Å². The predicted molar refractivity (Wildman–Crippen MR) is 67.2 cm³/mol. The third kappa shape index (κ3) is 2.71. The Morgan fingerprint density at radius 1 is 1.13 bits per heavy atom. The van der Waals surface area contributed by atoms with Crippen LogP contribution in [0.5, 0.6) is 0 Å². The molecule has 0 aromatic heterocycles. The van der Waals surface area contributed by atoms with Crippen molar-refractivity contribution in [2.45, 2.75) is 26.2 Å². The van der Waals surface area contributed by atoms with E-state index in [0.717, 1.165) is 31.6 Å². The molecule has 2 nitrogen and oxygen atoms in total. The lowest BCUT2D eigenvalue weighted by Gasteiger charge is -2.44. The highest BCUT2D eigenvalue weighted by atomic mass is 35.5. The van der Waals surface area contributed by atoms with Crippen LogP contribution in [-0.2, 0) is 0 Å². The Bertz CT molecular complexity index is 321. The van der Waals surface area contributed by atoms with E-state index in [9.17, 15) is 5.21 Å². The molecule has 0 atom stereocenters. The number of benzene rings is 1. The van der Waals surface area contributed by atoms with Crippen LogP contribution < -0.4 is 4.65 Å². The standard InChI is InChI=1S/C12H17NO.ClH/c1-11-6-5-7-12(10-11)13(14)8-3-2-4-9-13;/h5-7,10H,2-4,8-9H2,1H3;1H. The molecule has 1 aromatic carbocycles. The molecule has 0 bridgehead atoms. The number of aryl methyl sites for hydroxylation is 1. The summed E-state index contributed by atoms with van der Waals surface area (Å²) in [5, 5.41) is 12.4. The number of hydrogen-bond acceptors (Lipinski definition) is 1. The zero-order valence-corrected chi connectivity index (χ0v) is 9.93. The van der Waals surface area contributed by atoms with E-state index in [1.807, 2.05) is 31.2 Å². The summed E-state index contributed by atoms with van der Waals surface area (Å²) in [5.41, 5.74) is 2.12. The molecule has 0 saturated carbocycles. The average Bonchev–Trinajstić information content (AvgIpc) is 2.19. The molecule has 3 heteroatoms. The predicted octanol–water partition coefficient (Wildman–Crippen LogP) is 3.41. The van der Waals surface area contributed by atoms with E-state index in [1.165, 1.54) is 12.0 Å². The van der Waals surface area contributed by atoms with Gasteiger partial charge in [0.2, 0.25) is 0 Å². The highest BCUT2D eigenvalue weighted by Crippen LogP contribution is 2.27. The first kappa shape index (κ1) is 12.5. The molecule has 1 aliphatic rings. The van der Waals surface area contributed by atoms with Crippen molar-refractivity contribution in [2.75, 3.05) is 13.1 Å². The number of rotatable bonds is 1. The van der Waals surface area contributed by atoms with Gasteiger partial charge in [0.1, 0.15) is 5.69 Å². The van der Waals surface area contributed by atoms with E-state index in [-0.39, 0.29) is 17.1 Å². The van der Waals surface area contributed by atoms with Gasteiger partial charge in [0.25, 0.3) is 0 Å². The molecule has 1 fully saturated rings. The number of halogens is 1. The molecule has 1 aromatic rings. The van der Waals surface area contributed by atoms with Gasteiger partial charge in [-0.3, -0.25) is 0 Å². The van der Waals surface area contributed by atoms with Crippen molar-refractivity contribution >= 4 is 18.1 Å². The van der Waals surface area contributed by atoms with E-state index in [4.69, 9.17) is 0 Å². The first-order chi connectivity index (χ1) is 6.71. The van der Waals surface area contributed by atoms with Crippen LogP contribution in [0.2, 0.25) is 0 Å². The Morgan fingerprint density at radius 3 is 2.40 bits per heavy atom. The summed E-state index contributed by atoms with van der Waals surface area (Å²) >= 11 is 0. The van der Waals surface area contributed by atoms with E-state index in [0.29, 0.717) is 0 Å². The van der Waals surface area contributed by atoms with Gasteiger partial charge in [0.15, 0.2) is 0 Å². The van der Waals surface area contributed by atoms with E-state index in [2.05, 4.69) is 0 Å². The Labute approximate surface area is 97.5 Å². The van der Waals surface area contributed by atoms with Gasteiger partial charge in [0, 0.05) is 6.07 Å². The molecule has 15 heavy (non-hydrogen) atoms. The molecule has 1 saturated heterocycles. The molecule has 2 rings (SSSR count). The summed E-state index contributed by atoms with van der Waals surface area (Å²) in [6, 6.07) is 8.01. The molecule has 0 aliphatic carbocycles. The molecule has 0 N–H and O–H groups in total. The minimum absolute atomic E-state index is 0. The lowest BCUT2D eigenvalue weighted by molar-refractivity contribution is 0.307. The lowest BCUT2D eigenvalue weighted by atomic mass is 10.1. The monoisotopic (exact) mass is 227 g/mol. The number of hydroxylamine groups is 2. The van der Waals surface area contributed by atoms with Crippen LogP contribution in [0.15, 0.2) is 24.3 Å². The van der Waals surface area contributed by atoms with Crippen LogP contribution in [0.1, 0.15) is 24.8 Å². The van der Waals surface area contributed by atoms with Crippen molar-refractivity contribution in [3.8, 4) is 0 Å². The van der Waals surface area contributed by atoms with Crippen LogP contribution in [0.4, 0.5) is 5.69 Å². The summed E-state index contributed by atoms with van der Waals surface area (Å²) < 4.78 is -0.109. The molecule has 1 heterocycles. The minimum atomic E-state index is -0.109. The second kappa shape index (κ2) is 4.97. The highest BCUT2D eigenvalue weighted by molar-refractivity contribution is 5.85. The van der Waals surface area contributed by atoms with Crippen molar-refractivity contribution in [3.05, 3.63) is 35.0 Å². The van der Waals surface area contributed by atoms with Crippen LogP contribution in [0.3, 0.4) is 0 Å². The van der Waals surface area contributed by atoms with Gasteiger partial charge in [-0.1, -0.05) is 12.1 Å². The average molecular weight is 228 g/mol. The van der Waals surface area contributed by atoms with Gasteiger partial charge in [0.05, 0.1) is 13.1 Å². The topological polar surface area (TPSA) is 23.1 Å². The lowest BCUT2D eigenvalue weighted by Crippen LogP contribution is -2.47. The molecule has 0 radical (unpaired) electrons. The summed E-state index contributed by atoms with van der Waals surface area (Å²) in [6.45, 7) is 3.55. The SMILES string of the molecule is Cc1cccc([N+]2([O-])CCCCC2)c1.Cl. The molecule has 84 valence electrons. The number of hydrogen-bond donors (Lipinski definition) is 0. The van der Waals surface area contributed by atoms with Crippen molar-refractivity contribution in [3.63, 3.8) is 0 Å². The third-order valence-corrected chi connectivity index (χ3v) is 3.01. The minimum Gasteiger partial charge on any atom is -0.627 e. The van der Waals surface area contributed by atoms with Gasteiger partial charge in [-0.2, -0.15) is 0 Å². The van der Waals surface area contributed by atoms with Gasteiger partial charge >= 0.3 is 0 Å². The molecule has 0 amide bonds.